The third-order valence-corrected chi connectivity index (χ3v) is 7.57. The zero-order valence-corrected chi connectivity index (χ0v) is 16.3. The molecule has 7 rings (SSSR count). The first kappa shape index (κ1) is 16.5. The van der Waals surface area contributed by atoms with Gasteiger partial charge in [0, 0.05) is 5.39 Å². The van der Waals surface area contributed by atoms with Crippen molar-refractivity contribution in [2.75, 3.05) is 12.4 Å². The average Bonchev–Trinajstić information content (AvgIpc) is 3.10. The third-order valence-electron chi connectivity index (χ3n) is 7.57. The summed E-state index contributed by atoms with van der Waals surface area (Å²) >= 11 is 0. The molecule has 4 nitrogen and oxygen atoms in total. The summed E-state index contributed by atoms with van der Waals surface area (Å²) in [6.45, 7) is 0. The van der Waals surface area contributed by atoms with Crippen LogP contribution in [0.1, 0.15) is 43.2 Å². The molecule has 4 fully saturated rings. The predicted molar refractivity (Wildman–Crippen MR) is 116 cm³/mol. The Hall–Kier alpha value is -2.49. The number of hydrogen-bond donors (Lipinski definition) is 2. The second-order valence-corrected chi connectivity index (χ2v) is 9.21. The minimum atomic E-state index is 0.393. The Labute approximate surface area is 165 Å². The van der Waals surface area contributed by atoms with Crippen LogP contribution in [0.2, 0.25) is 0 Å². The Bertz CT molecular complexity index is 994. The molecule has 0 atom stereocenters. The van der Waals surface area contributed by atoms with Gasteiger partial charge in [0.2, 0.25) is 0 Å². The van der Waals surface area contributed by atoms with Crippen molar-refractivity contribution in [2.24, 2.45) is 34.4 Å². The van der Waals surface area contributed by atoms with E-state index < -0.39 is 0 Å². The minimum absolute atomic E-state index is 0.393. The van der Waals surface area contributed by atoms with Gasteiger partial charge in [0.25, 0.3) is 0 Å². The highest BCUT2D eigenvalue weighted by atomic mass is 16.5. The van der Waals surface area contributed by atoms with E-state index in [1.54, 1.807) is 7.11 Å². The molecule has 144 valence electrons. The van der Waals surface area contributed by atoms with Gasteiger partial charge >= 0.3 is 0 Å². The van der Waals surface area contributed by atoms with E-state index in [2.05, 4.69) is 41.7 Å². The Morgan fingerprint density at radius 2 is 1.75 bits per heavy atom. The largest absolute Gasteiger partial charge is 0.495 e. The van der Waals surface area contributed by atoms with Crippen molar-refractivity contribution >= 4 is 34.6 Å². The summed E-state index contributed by atoms with van der Waals surface area (Å²) in [6.07, 6.45) is 11.2. The summed E-state index contributed by atoms with van der Waals surface area (Å²) < 4.78 is 5.70. The first-order valence-electron chi connectivity index (χ1n) is 10.6. The van der Waals surface area contributed by atoms with Crippen molar-refractivity contribution in [1.29, 1.82) is 0 Å². The number of guanidine groups is 1. The first-order chi connectivity index (χ1) is 13.7. The summed E-state index contributed by atoms with van der Waals surface area (Å²) in [4.78, 5) is 5.03. The molecule has 0 heterocycles. The maximum atomic E-state index is 6.46. The van der Waals surface area contributed by atoms with E-state index in [4.69, 9.17) is 15.5 Å². The van der Waals surface area contributed by atoms with Crippen LogP contribution >= 0.6 is 0 Å². The lowest BCUT2D eigenvalue weighted by Gasteiger charge is -2.53. The van der Waals surface area contributed by atoms with Crippen LogP contribution in [-0.4, -0.2) is 19.1 Å². The molecule has 2 aromatic carbocycles. The Kier molecular flexibility index (Phi) is 3.53. The topological polar surface area (TPSA) is 59.6 Å². The zero-order valence-electron chi connectivity index (χ0n) is 16.3. The maximum absolute atomic E-state index is 6.46. The van der Waals surface area contributed by atoms with Crippen molar-refractivity contribution < 1.29 is 4.74 Å². The molecular formula is C24H27N3O. The Balaban J connectivity index is 1.35. The van der Waals surface area contributed by atoms with Crippen LogP contribution in [0.25, 0.3) is 22.9 Å². The monoisotopic (exact) mass is 373 g/mol. The summed E-state index contributed by atoms with van der Waals surface area (Å²) in [5.74, 6) is 4.71. The van der Waals surface area contributed by atoms with Crippen molar-refractivity contribution in [1.82, 2.24) is 0 Å². The van der Waals surface area contributed by atoms with Gasteiger partial charge in [-0.25, -0.2) is 4.99 Å². The van der Waals surface area contributed by atoms with Crippen molar-refractivity contribution in [3.8, 4) is 5.75 Å². The number of benzene rings is 2. The summed E-state index contributed by atoms with van der Waals surface area (Å²) in [5.41, 5.74) is 9.83. The lowest BCUT2D eigenvalue weighted by molar-refractivity contribution is 0.00124. The van der Waals surface area contributed by atoms with E-state index in [1.807, 2.05) is 0 Å². The molecule has 5 aliphatic carbocycles. The SMILES string of the molecule is COc1cc2c3c(cccc3c1NC(N)=NC1C3CC4CC(C3)CC1C4)C=C2. The second kappa shape index (κ2) is 6.00. The number of nitrogens with one attached hydrogen (secondary N) is 1. The van der Waals surface area contributed by atoms with Crippen LogP contribution in [-0.2, 0) is 0 Å². The summed E-state index contributed by atoms with van der Waals surface area (Å²) in [6, 6.07) is 8.86. The first-order valence-corrected chi connectivity index (χ1v) is 10.6. The number of nitrogens with zero attached hydrogens (tertiary/aromatic N) is 1. The molecule has 5 aliphatic rings. The van der Waals surface area contributed by atoms with Gasteiger partial charge in [-0.15, -0.1) is 0 Å². The van der Waals surface area contributed by atoms with E-state index in [9.17, 15) is 0 Å². The van der Waals surface area contributed by atoms with Crippen LogP contribution < -0.4 is 15.8 Å². The number of ether oxygens (including phenoxy) is 1. The molecule has 0 aromatic heterocycles. The molecule has 0 unspecified atom stereocenters. The van der Waals surface area contributed by atoms with Gasteiger partial charge in [0.1, 0.15) is 5.75 Å². The van der Waals surface area contributed by atoms with E-state index >= 15 is 0 Å². The smallest absolute Gasteiger partial charge is 0.193 e. The molecule has 4 heteroatoms. The lowest BCUT2D eigenvalue weighted by Crippen LogP contribution is -2.48. The highest BCUT2D eigenvalue weighted by molar-refractivity contribution is 6.13. The lowest BCUT2D eigenvalue weighted by atomic mass is 9.54. The fraction of sp³-hybridized carbons (Fsp3) is 0.458. The highest BCUT2D eigenvalue weighted by Crippen LogP contribution is 2.54. The number of nitrogens with two attached hydrogens (primary N) is 1. The molecule has 3 N–H and O–H groups in total. The van der Waals surface area contributed by atoms with E-state index in [-0.39, 0.29) is 0 Å². The number of aliphatic imine (C=N–C) groups is 1. The number of rotatable bonds is 3. The molecule has 0 radical (unpaired) electrons. The van der Waals surface area contributed by atoms with Crippen molar-refractivity contribution in [2.45, 2.75) is 38.1 Å². The Morgan fingerprint density at radius 3 is 2.46 bits per heavy atom. The molecule has 0 amide bonds. The van der Waals surface area contributed by atoms with Crippen LogP contribution in [0.15, 0.2) is 29.3 Å². The van der Waals surface area contributed by atoms with Crippen molar-refractivity contribution in [3.05, 3.63) is 35.4 Å². The summed E-state index contributed by atoms with van der Waals surface area (Å²) in [5, 5.41) is 5.82. The molecule has 0 aliphatic heterocycles. The van der Waals surface area contributed by atoms with Crippen LogP contribution in [0.5, 0.6) is 5.75 Å². The van der Waals surface area contributed by atoms with Gasteiger partial charge in [-0.2, -0.15) is 0 Å². The average molecular weight is 374 g/mol. The molecule has 0 saturated heterocycles. The second-order valence-electron chi connectivity index (χ2n) is 9.21. The zero-order chi connectivity index (χ0) is 18.8. The number of hydrogen-bond acceptors (Lipinski definition) is 2. The van der Waals surface area contributed by atoms with Gasteiger partial charge in [-0.3, -0.25) is 0 Å². The van der Waals surface area contributed by atoms with Gasteiger partial charge in [-0.1, -0.05) is 30.4 Å². The van der Waals surface area contributed by atoms with Gasteiger partial charge in [-0.05, 0) is 78.4 Å². The fourth-order valence-electron chi connectivity index (χ4n) is 6.69. The highest BCUT2D eigenvalue weighted by Gasteiger charge is 2.48. The number of methoxy groups -OCH3 is 1. The quantitative estimate of drug-likeness (QED) is 0.508. The fourth-order valence-corrected chi connectivity index (χ4v) is 6.69. The van der Waals surface area contributed by atoms with E-state index in [0.717, 1.165) is 40.5 Å². The van der Waals surface area contributed by atoms with Crippen LogP contribution in [0.3, 0.4) is 0 Å². The molecular weight excluding hydrogens is 346 g/mol. The van der Waals surface area contributed by atoms with E-state index in [0.29, 0.717) is 12.0 Å². The minimum Gasteiger partial charge on any atom is -0.495 e. The maximum Gasteiger partial charge on any atom is 0.193 e. The van der Waals surface area contributed by atoms with Crippen LogP contribution in [0, 0.1) is 23.7 Å². The van der Waals surface area contributed by atoms with Gasteiger partial charge in [0.15, 0.2) is 5.96 Å². The van der Waals surface area contributed by atoms with E-state index in [1.165, 1.54) is 48.6 Å². The molecule has 4 saturated carbocycles. The normalized spacial score (nSPS) is 32.3. The Morgan fingerprint density at radius 1 is 1.04 bits per heavy atom. The third kappa shape index (κ3) is 2.40. The molecule has 4 bridgehead atoms. The van der Waals surface area contributed by atoms with Crippen molar-refractivity contribution in [3.63, 3.8) is 0 Å². The standard InChI is InChI=1S/C24H27N3O/c1-28-20-12-16-6-5-15-3-2-4-19(21(15)16)23(20)27-24(25)26-22-17-8-13-7-14(10-17)11-18(22)9-13/h2-6,12-14,17-18,22H,7-11H2,1H3,(H3,25,26,27). The van der Waals surface area contributed by atoms with Gasteiger partial charge in [0.05, 0.1) is 18.8 Å². The molecule has 2 aromatic rings. The van der Waals surface area contributed by atoms with Gasteiger partial charge < -0.3 is 15.8 Å². The number of anilines is 1. The summed E-state index contributed by atoms with van der Waals surface area (Å²) in [7, 11) is 1.72. The molecule has 0 spiro atoms. The molecule has 28 heavy (non-hydrogen) atoms. The van der Waals surface area contributed by atoms with Crippen LogP contribution in [0.4, 0.5) is 5.69 Å². The predicted octanol–water partition coefficient (Wildman–Crippen LogP) is 4.88.